The van der Waals surface area contributed by atoms with Crippen LogP contribution >= 0.6 is 11.3 Å². The van der Waals surface area contributed by atoms with Gasteiger partial charge in [-0.25, -0.2) is 0 Å². The Morgan fingerprint density at radius 2 is 2.10 bits per heavy atom. The summed E-state index contributed by atoms with van der Waals surface area (Å²) in [4.78, 5) is 18.9. The summed E-state index contributed by atoms with van der Waals surface area (Å²) in [5.74, 6) is 1.49. The maximum Gasteiger partial charge on any atom is 0.261 e. The maximum atomic E-state index is 13.1. The maximum absolute atomic E-state index is 13.1. The van der Waals surface area contributed by atoms with Crippen LogP contribution in [-0.2, 0) is 22.6 Å². The highest BCUT2D eigenvalue weighted by atomic mass is 32.1. The fraction of sp³-hybridized carbons (Fsp3) is 0.591. The molecule has 1 amide bonds. The van der Waals surface area contributed by atoms with Crippen molar-refractivity contribution in [2.75, 3.05) is 11.9 Å². The Labute approximate surface area is 179 Å². The van der Waals surface area contributed by atoms with Gasteiger partial charge in [0.05, 0.1) is 24.4 Å². The fourth-order valence-corrected chi connectivity index (χ4v) is 5.42. The van der Waals surface area contributed by atoms with Crippen LogP contribution < -0.4 is 5.32 Å². The smallest absolute Gasteiger partial charge is 0.261 e. The Bertz CT molecular complexity index is 1020. The molecule has 2 aromatic rings. The first-order valence-electron chi connectivity index (χ1n) is 10.7. The second-order valence-electron chi connectivity index (χ2n) is 9.07. The van der Waals surface area contributed by atoms with Crippen molar-refractivity contribution in [3.05, 3.63) is 27.4 Å². The average Bonchev–Trinajstić information content (AvgIpc) is 3.37. The quantitative estimate of drug-likeness (QED) is 0.734. The first-order valence-corrected chi connectivity index (χ1v) is 11.5. The molecule has 3 heterocycles. The second kappa shape index (κ2) is 7.59. The summed E-state index contributed by atoms with van der Waals surface area (Å²) in [7, 11) is 0. The molecule has 0 unspecified atom stereocenters. The van der Waals surface area contributed by atoms with Gasteiger partial charge in [0.2, 0.25) is 0 Å². The van der Waals surface area contributed by atoms with Gasteiger partial charge >= 0.3 is 0 Å². The van der Waals surface area contributed by atoms with Crippen molar-refractivity contribution in [3.63, 3.8) is 0 Å². The van der Waals surface area contributed by atoms with Crippen molar-refractivity contribution >= 4 is 22.2 Å². The molecule has 2 aromatic heterocycles. The van der Waals surface area contributed by atoms with Gasteiger partial charge in [-0.2, -0.15) is 4.98 Å². The van der Waals surface area contributed by atoms with Crippen LogP contribution in [0.2, 0.25) is 0 Å². The molecule has 0 aromatic carbocycles. The SMILES string of the molecule is CC1(C)Cc2c(sc(NC(=O)C3=C(CO)CCCC3)c2-c2nc(C3CC3)no2)CO1. The minimum Gasteiger partial charge on any atom is -0.392 e. The van der Waals surface area contributed by atoms with Gasteiger partial charge in [-0.05, 0) is 63.5 Å². The number of nitrogens with one attached hydrogen (secondary N) is 1. The predicted octanol–water partition coefficient (Wildman–Crippen LogP) is 4.33. The van der Waals surface area contributed by atoms with Crippen molar-refractivity contribution in [2.45, 2.75) is 76.9 Å². The third-order valence-corrected chi connectivity index (χ3v) is 7.28. The zero-order valence-corrected chi connectivity index (χ0v) is 18.2. The van der Waals surface area contributed by atoms with Crippen LogP contribution in [0.5, 0.6) is 0 Å². The highest BCUT2D eigenvalue weighted by Gasteiger charge is 2.36. The number of aliphatic hydroxyl groups excluding tert-OH is 1. The Balaban J connectivity index is 1.53. The standard InChI is InChI=1S/C22H27N3O4S/c1-22(2)9-15-16(11-28-22)30-21(17(15)20-23-18(25-29-20)12-7-8-12)24-19(27)14-6-4-3-5-13(14)10-26/h12,26H,3-11H2,1-2H3,(H,24,27). The number of amides is 1. The number of hydrogen-bond donors (Lipinski definition) is 2. The third-order valence-electron chi connectivity index (χ3n) is 6.16. The molecule has 30 heavy (non-hydrogen) atoms. The summed E-state index contributed by atoms with van der Waals surface area (Å²) in [5.41, 5.74) is 3.22. The summed E-state index contributed by atoms with van der Waals surface area (Å²) >= 11 is 1.52. The van der Waals surface area contributed by atoms with Gasteiger partial charge in [0, 0.05) is 22.8 Å². The number of carbonyl (C=O) groups excluding carboxylic acids is 1. The molecule has 2 N–H and O–H groups in total. The summed E-state index contributed by atoms with van der Waals surface area (Å²) in [6.07, 6.45) is 6.39. The molecule has 7 nitrogen and oxygen atoms in total. The van der Waals surface area contributed by atoms with E-state index in [1.807, 2.05) is 0 Å². The van der Waals surface area contributed by atoms with Crippen LogP contribution in [0.1, 0.15) is 74.6 Å². The first kappa shape index (κ1) is 19.9. The van der Waals surface area contributed by atoms with Crippen LogP contribution in [0.4, 0.5) is 5.00 Å². The Morgan fingerprint density at radius 1 is 1.30 bits per heavy atom. The summed E-state index contributed by atoms with van der Waals surface area (Å²) in [6.45, 7) is 4.58. The molecule has 1 saturated carbocycles. The molecular weight excluding hydrogens is 402 g/mol. The molecule has 2 aliphatic carbocycles. The number of thiophene rings is 1. The summed E-state index contributed by atoms with van der Waals surface area (Å²) in [5, 5.41) is 17.7. The van der Waals surface area contributed by atoms with Crippen LogP contribution in [0.25, 0.3) is 11.5 Å². The zero-order chi connectivity index (χ0) is 20.9. The van der Waals surface area contributed by atoms with E-state index < -0.39 is 0 Å². The number of aliphatic hydroxyl groups is 1. The zero-order valence-electron chi connectivity index (χ0n) is 17.4. The molecule has 0 atom stereocenters. The second-order valence-corrected chi connectivity index (χ2v) is 10.2. The molecule has 8 heteroatoms. The van der Waals surface area contributed by atoms with E-state index in [1.54, 1.807) is 0 Å². The highest BCUT2D eigenvalue weighted by molar-refractivity contribution is 7.17. The van der Waals surface area contributed by atoms with E-state index in [-0.39, 0.29) is 18.1 Å². The lowest BCUT2D eigenvalue weighted by Gasteiger charge is -2.30. The van der Waals surface area contributed by atoms with Gasteiger partial charge in [0.15, 0.2) is 5.82 Å². The minimum atomic E-state index is -0.292. The number of fused-ring (bicyclic) bond motifs is 1. The number of aromatic nitrogens is 2. The number of rotatable bonds is 5. The third kappa shape index (κ3) is 3.72. The molecule has 0 radical (unpaired) electrons. The molecule has 0 bridgehead atoms. The predicted molar refractivity (Wildman–Crippen MR) is 113 cm³/mol. The molecule has 0 saturated heterocycles. The molecule has 1 fully saturated rings. The summed E-state index contributed by atoms with van der Waals surface area (Å²) < 4.78 is 11.6. The van der Waals surface area contributed by atoms with E-state index in [9.17, 15) is 9.90 Å². The number of carbonyl (C=O) groups is 1. The van der Waals surface area contributed by atoms with E-state index in [4.69, 9.17) is 9.26 Å². The van der Waals surface area contributed by atoms with Crippen LogP contribution in [0, 0.1) is 0 Å². The molecule has 5 rings (SSSR count). The lowest BCUT2D eigenvalue weighted by atomic mass is 9.91. The van der Waals surface area contributed by atoms with E-state index in [2.05, 4.69) is 29.3 Å². The van der Waals surface area contributed by atoms with Crippen LogP contribution in [0.3, 0.4) is 0 Å². The van der Waals surface area contributed by atoms with Crippen molar-refractivity contribution in [2.24, 2.45) is 0 Å². The fourth-order valence-electron chi connectivity index (χ4n) is 4.31. The minimum absolute atomic E-state index is 0.0625. The van der Waals surface area contributed by atoms with E-state index in [0.717, 1.165) is 70.9 Å². The van der Waals surface area contributed by atoms with Crippen molar-refractivity contribution in [1.82, 2.24) is 10.1 Å². The Kier molecular flexibility index (Phi) is 5.03. The van der Waals surface area contributed by atoms with Crippen molar-refractivity contribution < 1.29 is 19.2 Å². The summed E-state index contributed by atoms with van der Waals surface area (Å²) in [6, 6.07) is 0. The van der Waals surface area contributed by atoms with Gasteiger partial charge < -0.3 is 19.7 Å². The lowest BCUT2D eigenvalue weighted by Crippen LogP contribution is -2.31. The van der Waals surface area contributed by atoms with Crippen LogP contribution in [-0.4, -0.2) is 33.4 Å². The van der Waals surface area contributed by atoms with E-state index in [1.165, 1.54) is 11.3 Å². The number of nitrogens with zero attached hydrogens (tertiary/aromatic N) is 2. The molecule has 3 aliphatic rings. The topological polar surface area (TPSA) is 97.5 Å². The largest absolute Gasteiger partial charge is 0.392 e. The van der Waals surface area contributed by atoms with Gasteiger partial charge in [-0.1, -0.05) is 5.16 Å². The highest BCUT2D eigenvalue weighted by Crippen LogP contribution is 2.46. The van der Waals surface area contributed by atoms with E-state index >= 15 is 0 Å². The monoisotopic (exact) mass is 429 g/mol. The molecule has 0 spiro atoms. The first-order chi connectivity index (χ1) is 14.4. The molecular formula is C22H27N3O4S. The van der Waals surface area contributed by atoms with E-state index in [0.29, 0.717) is 30.4 Å². The lowest BCUT2D eigenvalue weighted by molar-refractivity contribution is -0.113. The Hall–Kier alpha value is -2.03. The van der Waals surface area contributed by atoms with Gasteiger partial charge in [-0.15, -0.1) is 11.3 Å². The molecule has 160 valence electrons. The van der Waals surface area contributed by atoms with Crippen molar-refractivity contribution in [3.8, 4) is 11.5 Å². The number of hydrogen-bond acceptors (Lipinski definition) is 7. The number of ether oxygens (including phenoxy) is 1. The van der Waals surface area contributed by atoms with Gasteiger partial charge in [0.1, 0.15) is 5.00 Å². The number of anilines is 1. The normalized spacial score (nSPS) is 20.9. The average molecular weight is 430 g/mol. The molecule has 1 aliphatic heterocycles. The van der Waals surface area contributed by atoms with Gasteiger partial charge in [0.25, 0.3) is 11.8 Å². The van der Waals surface area contributed by atoms with Crippen molar-refractivity contribution in [1.29, 1.82) is 0 Å². The van der Waals surface area contributed by atoms with Crippen LogP contribution in [0.15, 0.2) is 15.7 Å². The Morgan fingerprint density at radius 3 is 2.87 bits per heavy atom. The van der Waals surface area contributed by atoms with Gasteiger partial charge in [-0.3, -0.25) is 4.79 Å².